The van der Waals surface area contributed by atoms with Gasteiger partial charge in [-0.1, -0.05) is 12.1 Å². The summed E-state index contributed by atoms with van der Waals surface area (Å²) in [7, 11) is 0. The van der Waals surface area contributed by atoms with Crippen LogP contribution in [0.3, 0.4) is 0 Å². The molecular weight excluding hydrogens is 439 g/mol. The normalized spacial score (nSPS) is 23.7. The number of ether oxygens (including phenoxy) is 1. The molecule has 1 fully saturated rings. The Bertz CT molecular complexity index is 831. The van der Waals surface area contributed by atoms with Gasteiger partial charge in [-0.05, 0) is 18.6 Å². The number of carbonyl (C=O) groups is 3. The van der Waals surface area contributed by atoms with Gasteiger partial charge in [0.15, 0.2) is 0 Å². The summed E-state index contributed by atoms with van der Waals surface area (Å²) < 4.78 is 37.3. The molecule has 2 unspecified atom stereocenters. The van der Waals surface area contributed by atoms with Gasteiger partial charge in [-0.2, -0.15) is 13.2 Å². The molecule has 1 aromatic rings. The highest BCUT2D eigenvalue weighted by atomic mass is 19.4. The van der Waals surface area contributed by atoms with Crippen LogP contribution in [0.2, 0.25) is 0 Å². The van der Waals surface area contributed by atoms with Crippen LogP contribution in [0, 0.1) is 5.41 Å². The Morgan fingerprint density at radius 2 is 1.66 bits per heavy atom. The molecule has 0 aromatic heterocycles. The van der Waals surface area contributed by atoms with Crippen LogP contribution < -0.4 is 20.7 Å². The molecule has 2 atom stereocenters. The molecule has 2 heterocycles. The van der Waals surface area contributed by atoms with Crippen molar-refractivity contribution in [3.05, 3.63) is 29.8 Å². The number of amides is 2. The third kappa shape index (κ3) is 6.55. The van der Waals surface area contributed by atoms with Crippen molar-refractivity contribution in [2.24, 2.45) is 5.41 Å². The number of nitrogens with one attached hydrogen (secondary N) is 3. The largest absolute Gasteiger partial charge is 0.490 e. The van der Waals surface area contributed by atoms with Crippen molar-refractivity contribution in [3.8, 4) is 5.75 Å². The second kappa shape index (κ2) is 10.6. The number of benzene rings is 1. The van der Waals surface area contributed by atoms with Gasteiger partial charge in [0.2, 0.25) is 5.91 Å². The summed E-state index contributed by atoms with van der Waals surface area (Å²) in [5, 5.41) is 36.2. The quantitative estimate of drug-likeness (QED) is 0.294. The van der Waals surface area contributed by atoms with E-state index in [1.807, 2.05) is 0 Å². The van der Waals surface area contributed by atoms with Crippen molar-refractivity contribution in [2.75, 3.05) is 32.8 Å². The lowest BCUT2D eigenvalue weighted by atomic mass is 9.75. The number of fused-ring (bicyclic) bond motifs is 1. The van der Waals surface area contributed by atoms with Gasteiger partial charge in [0.25, 0.3) is 5.91 Å². The first kappa shape index (κ1) is 25.4. The lowest BCUT2D eigenvalue weighted by Crippen LogP contribution is -2.63. The van der Waals surface area contributed by atoms with Gasteiger partial charge < -0.3 is 36.0 Å². The SMILES string of the molecule is O=C(O)C(F)(F)F.O=C1NCCNC(=O)C2(CNC2)CC(O)C(O)COc2ccccc21. The van der Waals surface area contributed by atoms with Crippen molar-refractivity contribution in [2.45, 2.75) is 24.8 Å². The van der Waals surface area contributed by atoms with E-state index < -0.39 is 29.8 Å². The summed E-state index contributed by atoms with van der Waals surface area (Å²) in [6.45, 7) is 1.29. The number of aliphatic hydroxyl groups is 2. The predicted molar refractivity (Wildman–Crippen MR) is 103 cm³/mol. The van der Waals surface area contributed by atoms with Gasteiger partial charge in [0.05, 0.1) is 17.1 Å². The second-order valence-electron chi connectivity index (χ2n) is 7.34. The Morgan fingerprint density at radius 1 is 1.06 bits per heavy atom. The average molecular weight is 463 g/mol. The Kier molecular flexibility index (Phi) is 8.41. The van der Waals surface area contributed by atoms with Crippen LogP contribution >= 0.6 is 0 Å². The predicted octanol–water partition coefficient (Wildman–Crippen LogP) is -0.740. The molecule has 1 aromatic carbocycles. The third-order valence-electron chi connectivity index (χ3n) is 4.93. The number of aliphatic hydroxyl groups excluding tert-OH is 2. The number of carbonyl (C=O) groups excluding carboxylic acids is 2. The first-order valence-corrected chi connectivity index (χ1v) is 9.61. The zero-order valence-corrected chi connectivity index (χ0v) is 16.8. The molecule has 0 saturated carbocycles. The van der Waals surface area contributed by atoms with Gasteiger partial charge in [0.1, 0.15) is 18.5 Å². The third-order valence-corrected chi connectivity index (χ3v) is 4.93. The molecule has 2 aliphatic rings. The monoisotopic (exact) mass is 463 g/mol. The Hall–Kier alpha value is -2.90. The lowest BCUT2D eigenvalue weighted by Gasteiger charge is -2.42. The lowest BCUT2D eigenvalue weighted by molar-refractivity contribution is -0.192. The van der Waals surface area contributed by atoms with Gasteiger partial charge >= 0.3 is 12.1 Å². The van der Waals surface area contributed by atoms with Gasteiger partial charge in [-0.3, -0.25) is 9.59 Å². The highest BCUT2D eigenvalue weighted by Gasteiger charge is 2.46. The molecule has 1 saturated heterocycles. The van der Waals surface area contributed by atoms with Gasteiger partial charge in [0, 0.05) is 26.2 Å². The van der Waals surface area contributed by atoms with Crippen LogP contribution in [0.25, 0.3) is 0 Å². The molecule has 2 aliphatic heterocycles. The van der Waals surface area contributed by atoms with E-state index in [2.05, 4.69) is 16.0 Å². The van der Waals surface area contributed by atoms with E-state index in [4.69, 9.17) is 14.6 Å². The van der Waals surface area contributed by atoms with Gasteiger partial charge in [-0.15, -0.1) is 0 Å². The number of alkyl halides is 3. The standard InChI is InChI=1S/C17H23N3O5.C2HF3O2/c21-12-7-17(9-18-10-17)16(24)20-6-5-19-15(23)11-3-1-2-4-14(11)25-8-13(12)22;3-2(4,5)1(6)7/h1-4,12-13,18,21-22H,5-10H2,(H,19,23)(H,20,24);(H,6,7). The number of carboxylic acids is 1. The molecule has 3 rings (SSSR count). The molecule has 0 aliphatic carbocycles. The molecule has 1 spiro atoms. The first-order chi connectivity index (χ1) is 15.0. The molecule has 178 valence electrons. The second-order valence-corrected chi connectivity index (χ2v) is 7.34. The Labute approximate surface area is 180 Å². The maximum atomic E-state index is 12.4. The van der Waals surface area contributed by atoms with Crippen LogP contribution in [-0.2, 0) is 9.59 Å². The highest BCUT2D eigenvalue weighted by Crippen LogP contribution is 2.30. The van der Waals surface area contributed by atoms with E-state index in [1.54, 1.807) is 24.3 Å². The summed E-state index contributed by atoms with van der Waals surface area (Å²) in [6.07, 6.45) is -7.20. The van der Waals surface area contributed by atoms with Crippen LogP contribution in [0.4, 0.5) is 13.2 Å². The Morgan fingerprint density at radius 3 is 2.22 bits per heavy atom. The first-order valence-electron chi connectivity index (χ1n) is 9.61. The van der Waals surface area contributed by atoms with Gasteiger partial charge in [-0.25, -0.2) is 4.79 Å². The van der Waals surface area contributed by atoms with E-state index in [0.29, 0.717) is 24.4 Å². The molecule has 0 bridgehead atoms. The number of rotatable bonds is 0. The van der Waals surface area contributed by atoms with Crippen molar-refractivity contribution in [1.29, 1.82) is 0 Å². The highest BCUT2D eigenvalue weighted by molar-refractivity contribution is 5.97. The number of aliphatic carboxylic acids is 1. The minimum atomic E-state index is -5.08. The Balaban J connectivity index is 0.000000451. The van der Waals surface area contributed by atoms with Crippen LogP contribution in [-0.4, -0.2) is 84.3 Å². The molecule has 32 heavy (non-hydrogen) atoms. The zero-order valence-electron chi connectivity index (χ0n) is 16.8. The number of hydrogen-bond acceptors (Lipinski definition) is 7. The minimum absolute atomic E-state index is 0.143. The van der Waals surface area contributed by atoms with E-state index in [-0.39, 0.29) is 37.9 Å². The fourth-order valence-corrected chi connectivity index (χ4v) is 3.06. The number of halogens is 3. The molecule has 6 N–H and O–H groups in total. The van der Waals surface area contributed by atoms with Crippen LogP contribution in [0.5, 0.6) is 5.75 Å². The smallest absolute Gasteiger partial charge is 0.490 e. The van der Waals surface area contributed by atoms with Crippen molar-refractivity contribution >= 4 is 17.8 Å². The van der Waals surface area contributed by atoms with Crippen LogP contribution in [0.1, 0.15) is 16.8 Å². The molecule has 10 nitrogen and oxygen atoms in total. The summed E-state index contributed by atoms with van der Waals surface area (Å²) in [4.78, 5) is 33.6. The van der Waals surface area contributed by atoms with E-state index >= 15 is 0 Å². The van der Waals surface area contributed by atoms with E-state index in [9.17, 15) is 33.0 Å². The fourth-order valence-electron chi connectivity index (χ4n) is 3.06. The average Bonchev–Trinajstić information content (AvgIpc) is 2.70. The minimum Gasteiger partial charge on any atom is -0.490 e. The molecule has 0 radical (unpaired) electrons. The number of carboxylic acid groups (broad SMARTS) is 1. The topological polar surface area (TPSA) is 157 Å². The van der Waals surface area contributed by atoms with E-state index in [1.165, 1.54) is 0 Å². The fraction of sp³-hybridized carbons (Fsp3) is 0.526. The summed E-state index contributed by atoms with van der Waals surface area (Å²) in [5.74, 6) is -2.93. The molecule has 2 amide bonds. The summed E-state index contributed by atoms with van der Waals surface area (Å²) >= 11 is 0. The summed E-state index contributed by atoms with van der Waals surface area (Å²) in [5.41, 5.74) is -0.404. The number of hydrogen-bond donors (Lipinski definition) is 6. The van der Waals surface area contributed by atoms with Crippen molar-refractivity contribution < 1.29 is 47.6 Å². The van der Waals surface area contributed by atoms with Crippen LogP contribution in [0.15, 0.2) is 24.3 Å². The number of para-hydroxylation sites is 1. The van der Waals surface area contributed by atoms with Crippen molar-refractivity contribution in [3.63, 3.8) is 0 Å². The molecule has 13 heteroatoms. The zero-order chi connectivity index (χ0) is 23.9. The summed E-state index contributed by atoms with van der Waals surface area (Å²) in [6, 6.07) is 6.70. The maximum Gasteiger partial charge on any atom is 0.490 e. The van der Waals surface area contributed by atoms with E-state index in [0.717, 1.165) is 0 Å². The van der Waals surface area contributed by atoms with Crippen molar-refractivity contribution in [1.82, 2.24) is 16.0 Å². The maximum absolute atomic E-state index is 12.4. The molecular formula is C19H24F3N3O7.